The molecule has 0 bridgehead atoms. The van der Waals surface area contributed by atoms with Crippen LogP contribution in [-0.2, 0) is 4.79 Å². The van der Waals surface area contributed by atoms with Crippen LogP contribution in [0.15, 0.2) is 35.7 Å². The summed E-state index contributed by atoms with van der Waals surface area (Å²) in [7, 11) is 0. The van der Waals surface area contributed by atoms with Crippen LogP contribution in [-0.4, -0.2) is 32.5 Å². The van der Waals surface area contributed by atoms with Gasteiger partial charge in [0.2, 0.25) is 0 Å². The van der Waals surface area contributed by atoms with E-state index >= 15 is 0 Å². The highest BCUT2D eigenvalue weighted by Crippen LogP contribution is 2.39. The maximum absolute atomic E-state index is 12.9. The van der Waals surface area contributed by atoms with Gasteiger partial charge < -0.3 is 4.90 Å². The Hall–Kier alpha value is -1.53. The smallest absolute Gasteiger partial charge is 0.251 e. The van der Waals surface area contributed by atoms with E-state index in [0.717, 1.165) is 17.0 Å². The molecule has 5 nitrogen and oxygen atoms in total. The maximum atomic E-state index is 12.9. The third-order valence-corrected chi connectivity index (χ3v) is 5.23. The van der Waals surface area contributed by atoms with E-state index in [0.29, 0.717) is 16.8 Å². The van der Waals surface area contributed by atoms with Crippen LogP contribution >= 0.6 is 23.4 Å². The Balaban J connectivity index is 1.96. The number of aromatic nitrogens is 3. The summed E-state index contributed by atoms with van der Waals surface area (Å²) in [6, 6.07) is 5.33. The Bertz CT molecular complexity index is 676. The number of fused-ring (bicyclic) bond motifs is 1. The molecule has 2 atom stereocenters. The molecule has 22 heavy (non-hydrogen) atoms. The third-order valence-electron chi connectivity index (χ3n) is 3.76. The second-order valence-corrected chi connectivity index (χ2v) is 7.29. The Kier molecular flexibility index (Phi) is 4.40. The molecule has 0 saturated heterocycles. The molecule has 1 aromatic heterocycles. The lowest BCUT2D eigenvalue weighted by atomic mass is 10.2. The molecule has 2 aromatic rings. The minimum Gasteiger partial charge on any atom is -0.309 e. The monoisotopic (exact) mass is 336 g/mol. The molecule has 0 radical (unpaired) electrons. The molecule has 0 unspecified atom stereocenters. The van der Waals surface area contributed by atoms with Crippen molar-refractivity contribution in [1.82, 2.24) is 14.8 Å². The van der Waals surface area contributed by atoms with Crippen LogP contribution in [0, 0.1) is 0 Å². The summed E-state index contributed by atoms with van der Waals surface area (Å²) in [6.45, 7) is 4.69. The van der Waals surface area contributed by atoms with E-state index in [-0.39, 0.29) is 5.91 Å². The average Bonchev–Trinajstić information content (AvgIpc) is 2.98. The van der Waals surface area contributed by atoms with Crippen LogP contribution in [0.25, 0.3) is 0 Å². The van der Waals surface area contributed by atoms with Crippen molar-refractivity contribution < 1.29 is 4.79 Å². The summed E-state index contributed by atoms with van der Waals surface area (Å²) in [6.07, 6.45) is 3.94. The van der Waals surface area contributed by atoms with Crippen LogP contribution in [0.1, 0.15) is 26.3 Å². The number of hydrogen-bond acceptors (Lipinski definition) is 4. The van der Waals surface area contributed by atoms with Crippen LogP contribution < -0.4 is 4.90 Å². The predicted octanol–water partition coefficient (Wildman–Crippen LogP) is 3.41. The summed E-state index contributed by atoms with van der Waals surface area (Å²) in [4.78, 5) is 19.7. The standard InChI is InChI=1S/C15H17ClN4OS/c1-10-5-6-19(13-7-12(16)3-4-14(13)22-10)15(21)11(2)20-9-17-8-18-20/h3-4,7-11H,5-6H2,1-2H3/t10-,11-/m1/s1. The molecule has 0 N–H and O–H groups in total. The molecule has 2 heterocycles. The molecule has 0 spiro atoms. The lowest BCUT2D eigenvalue weighted by molar-refractivity contribution is -0.121. The fourth-order valence-electron chi connectivity index (χ4n) is 2.49. The number of hydrogen-bond donors (Lipinski definition) is 0. The number of halogens is 1. The Morgan fingerprint density at radius 2 is 2.32 bits per heavy atom. The van der Waals surface area contributed by atoms with Gasteiger partial charge in [-0.2, -0.15) is 5.10 Å². The van der Waals surface area contributed by atoms with E-state index in [1.807, 2.05) is 30.0 Å². The van der Waals surface area contributed by atoms with Gasteiger partial charge in [0, 0.05) is 21.7 Å². The summed E-state index contributed by atoms with van der Waals surface area (Å²) >= 11 is 7.93. The molecular weight excluding hydrogens is 320 g/mol. The first-order valence-corrected chi connectivity index (χ1v) is 8.43. The van der Waals surface area contributed by atoms with E-state index < -0.39 is 6.04 Å². The number of carbonyl (C=O) groups is 1. The fourth-order valence-corrected chi connectivity index (χ4v) is 3.75. The highest BCUT2D eigenvalue weighted by Gasteiger charge is 2.28. The van der Waals surface area contributed by atoms with Gasteiger partial charge in [0.25, 0.3) is 5.91 Å². The summed E-state index contributed by atoms with van der Waals surface area (Å²) in [5, 5.41) is 5.17. The van der Waals surface area contributed by atoms with Gasteiger partial charge in [0.05, 0.1) is 5.69 Å². The van der Waals surface area contributed by atoms with Crippen LogP contribution in [0.5, 0.6) is 0 Å². The molecule has 116 valence electrons. The van der Waals surface area contributed by atoms with Crippen molar-refractivity contribution in [2.45, 2.75) is 36.5 Å². The third kappa shape index (κ3) is 2.98. The second-order valence-electron chi connectivity index (χ2n) is 5.37. The summed E-state index contributed by atoms with van der Waals surface area (Å²) in [5.41, 5.74) is 0.888. The van der Waals surface area contributed by atoms with Gasteiger partial charge in [0.1, 0.15) is 18.7 Å². The molecule has 1 aliphatic heterocycles. The zero-order valence-corrected chi connectivity index (χ0v) is 14.0. The van der Waals surface area contributed by atoms with Crippen molar-refractivity contribution in [3.8, 4) is 0 Å². The molecule has 1 aromatic carbocycles. The molecule has 0 saturated carbocycles. The van der Waals surface area contributed by atoms with Gasteiger partial charge in [-0.25, -0.2) is 9.67 Å². The second kappa shape index (κ2) is 6.30. The van der Waals surface area contributed by atoms with E-state index in [4.69, 9.17) is 11.6 Å². The molecule has 7 heteroatoms. The van der Waals surface area contributed by atoms with Crippen LogP contribution in [0.3, 0.4) is 0 Å². The van der Waals surface area contributed by atoms with E-state index in [1.165, 1.54) is 6.33 Å². The van der Waals surface area contributed by atoms with Gasteiger partial charge in [-0.1, -0.05) is 18.5 Å². The SMILES string of the molecule is C[C@@H]1CCN(C(=O)[C@@H](C)n2cncn2)c2cc(Cl)ccc2S1. The summed E-state index contributed by atoms with van der Waals surface area (Å²) < 4.78 is 1.58. The van der Waals surface area contributed by atoms with E-state index in [2.05, 4.69) is 17.0 Å². The van der Waals surface area contributed by atoms with E-state index in [1.54, 1.807) is 22.8 Å². The molecule has 0 aliphatic carbocycles. The molecular formula is C15H17ClN4OS. The number of carbonyl (C=O) groups excluding carboxylic acids is 1. The first-order chi connectivity index (χ1) is 10.6. The number of thioether (sulfide) groups is 1. The topological polar surface area (TPSA) is 51.0 Å². The molecule has 3 rings (SSSR count). The lowest BCUT2D eigenvalue weighted by Crippen LogP contribution is -2.37. The van der Waals surface area contributed by atoms with Crippen molar-refractivity contribution >= 4 is 35.0 Å². The Labute approximate surface area is 138 Å². The first kappa shape index (κ1) is 15.4. The number of amides is 1. The molecule has 1 amide bonds. The van der Waals surface area contributed by atoms with Gasteiger partial charge in [0.15, 0.2) is 0 Å². The van der Waals surface area contributed by atoms with Gasteiger partial charge in [-0.05, 0) is 31.5 Å². The first-order valence-electron chi connectivity index (χ1n) is 7.18. The number of nitrogens with zero attached hydrogens (tertiary/aromatic N) is 4. The van der Waals surface area contributed by atoms with Crippen molar-refractivity contribution in [2.24, 2.45) is 0 Å². The minimum atomic E-state index is -0.396. The van der Waals surface area contributed by atoms with Gasteiger partial charge in [-0.15, -0.1) is 11.8 Å². The normalized spacial score (nSPS) is 19.4. The quantitative estimate of drug-likeness (QED) is 0.843. The minimum absolute atomic E-state index is 0.00344. The van der Waals surface area contributed by atoms with Crippen molar-refractivity contribution in [2.75, 3.05) is 11.4 Å². The molecule has 1 aliphatic rings. The fraction of sp³-hybridized carbons (Fsp3) is 0.400. The lowest BCUT2D eigenvalue weighted by Gasteiger charge is -2.25. The Morgan fingerprint density at radius 3 is 3.05 bits per heavy atom. The number of rotatable bonds is 2. The predicted molar refractivity (Wildman–Crippen MR) is 88.5 cm³/mol. The zero-order valence-electron chi connectivity index (χ0n) is 12.4. The average molecular weight is 337 g/mol. The van der Waals surface area contributed by atoms with E-state index in [9.17, 15) is 4.79 Å². The van der Waals surface area contributed by atoms with Crippen molar-refractivity contribution in [1.29, 1.82) is 0 Å². The summed E-state index contributed by atoms with van der Waals surface area (Å²) in [5.74, 6) is 0.00344. The van der Waals surface area contributed by atoms with Gasteiger partial charge in [-0.3, -0.25) is 4.79 Å². The zero-order chi connectivity index (χ0) is 15.7. The highest BCUT2D eigenvalue weighted by molar-refractivity contribution is 8.00. The van der Waals surface area contributed by atoms with Crippen LogP contribution in [0.2, 0.25) is 5.02 Å². The number of anilines is 1. The number of benzene rings is 1. The largest absolute Gasteiger partial charge is 0.309 e. The van der Waals surface area contributed by atoms with Crippen molar-refractivity contribution in [3.05, 3.63) is 35.9 Å². The molecule has 0 fully saturated rings. The van der Waals surface area contributed by atoms with Gasteiger partial charge >= 0.3 is 0 Å². The van der Waals surface area contributed by atoms with Crippen molar-refractivity contribution in [3.63, 3.8) is 0 Å². The van der Waals surface area contributed by atoms with Crippen LogP contribution in [0.4, 0.5) is 5.69 Å². The highest BCUT2D eigenvalue weighted by atomic mass is 35.5. The maximum Gasteiger partial charge on any atom is 0.251 e. The Morgan fingerprint density at radius 1 is 1.50 bits per heavy atom.